The molecule has 5 aromatic rings. The summed E-state index contributed by atoms with van der Waals surface area (Å²) in [5.41, 5.74) is 7.82. The number of rotatable bonds is 4. The number of nitrogens with zero attached hydrogens (tertiary/aromatic N) is 3. The van der Waals surface area contributed by atoms with Crippen LogP contribution in [0.4, 0.5) is 5.69 Å². The molecule has 0 aliphatic heterocycles. The molecule has 5 heteroatoms. The van der Waals surface area contributed by atoms with Gasteiger partial charge in [0.25, 0.3) is 0 Å². The minimum absolute atomic E-state index is 0.114. The Hall–Kier alpha value is -3.99. The molecule has 0 bridgehead atoms. The third-order valence-corrected chi connectivity index (χ3v) is 5.77. The van der Waals surface area contributed by atoms with Crippen LogP contribution >= 0.6 is 0 Å². The Balaban J connectivity index is 1.65. The van der Waals surface area contributed by atoms with Crippen LogP contribution in [0, 0.1) is 20.8 Å². The fraction of sp³-hybridized carbons (Fsp3) is 0.148. The van der Waals surface area contributed by atoms with Crippen molar-refractivity contribution in [2.24, 2.45) is 0 Å². The highest BCUT2D eigenvalue weighted by molar-refractivity contribution is 6.08. The predicted octanol–water partition coefficient (Wildman–Crippen LogP) is 5.82. The van der Waals surface area contributed by atoms with Gasteiger partial charge in [-0.25, -0.2) is 0 Å². The number of nitrogens with one attached hydrogen (secondary N) is 1. The lowest BCUT2D eigenvalue weighted by Gasteiger charge is -2.09. The zero-order valence-corrected chi connectivity index (χ0v) is 18.4. The first kappa shape index (κ1) is 19.9. The van der Waals surface area contributed by atoms with Gasteiger partial charge in [0, 0.05) is 28.2 Å². The van der Waals surface area contributed by atoms with E-state index in [1.165, 1.54) is 5.56 Å². The molecular weight excluding hydrogens is 396 g/mol. The number of aromatic nitrogens is 3. The summed E-state index contributed by atoms with van der Waals surface area (Å²) in [6.45, 7) is 6.22. The number of fused-ring (bicyclic) bond motifs is 3. The molecule has 0 aliphatic carbocycles. The average molecular weight is 421 g/mol. The summed E-state index contributed by atoms with van der Waals surface area (Å²) >= 11 is 0. The van der Waals surface area contributed by atoms with E-state index >= 15 is 0 Å². The van der Waals surface area contributed by atoms with Crippen molar-refractivity contribution in [3.63, 3.8) is 0 Å². The van der Waals surface area contributed by atoms with Gasteiger partial charge in [0.05, 0.1) is 11.0 Å². The smallest absolute Gasteiger partial charge is 0.246 e. The molecule has 158 valence electrons. The average Bonchev–Trinajstić information content (AvgIpc) is 3.14. The zero-order chi connectivity index (χ0) is 22.2. The monoisotopic (exact) mass is 420 g/mol. The number of hydrogen-bond acceptors (Lipinski definition) is 3. The second-order valence-electron chi connectivity index (χ2n) is 8.28. The summed E-state index contributed by atoms with van der Waals surface area (Å²) in [6, 6.07) is 22.2. The highest BCUT2D eigenvalue weighted by atomic mass is 16.2. The predicted molar refractivity (Wildman–Crippen MR) is 130 cm³/mol. The minimum atomic E-state index is -0.114. The second kappa shape index (κ2) is 7.93. The number of carbonyl (C=O) groups is 1. The third kappa shape index (κ3) is 3.62. The number of hydrogen-bond donors (Lipinski definition) is 1. The number of anilines is 1. The molecule has 0 atom stereocenters. The Kier molecular flexibility index (Phi) is 4.94. The Morgan fingerprint density at radius 2 is 1.66 bits per heavy atom. The van der Waals surface area contributed by atoms with E-state index in [0.717, 1.165) is 49.9 Å². The Bertz CT molecular complexity index is 1470. The van der Waals surface area contributed by atoms with Gasteiger partial charge in [0.2, 0.25) is 5.91 Å². The van der Waals surface area contributed by atoms with Crippen molar-refractivity contribution in [3.8, 4) is 11.3 Å². The third-order valence-electron chi connectivity index (χ3n) is 5.77. The number of carbonyl (C=O) groups excluding carboxylic acids is 1. The summed E-state index contributed by atoms with van der Waals surface area (Å²) in [4.78, 5) is 17.7. The van der Waals surface area contributed by atoms with Gasteiger partial charge in [-0.3, -0.25) is 14.5 Å². The minimum Gasteiger partial charge on any atom is -0.324 e. The van der Waals surface area contributed by atoms with Gasteiger partial charge >= 0.3 is 0 Å². The number of aryl methyl sites for hydroxylation is 3. The SMILES string of the molecule is Cc1ccc(-c2nn(CC(=O)Nc3ccccc3C)c3c2cnc2ccc(C)cc23)cc1. The maximum Gasteiger partial charge on any atom is 0.246 e. The van der Waals surface area contributed by atoms with Crippen molar-refractivity contribution < 1.29 is 4.79 Å². The van der Waals surface area contributed by atoms with E-state index in [4.69, 9.17) is 5.10 Å². The molecular formula is C27H24N4O. The van der Waals surface area contributed by atoms with Crippen molar-refractivity contribution in [2.75, 3.05) is 5.32 Å². The quantitative estimate of drug-likeness (QED) is 0.399. The molecule has 2 aromatic heterocycles. The van der Waals surface area contributed by atoms with Crippen LogP contribution in [-0.4, -0.2) is 20.7 Å². The molecule has 0 radical (unpaired) electrons. The fourth-order valence-corrected chi connectivity index (χ4v) is 4.05. The van der Waals surface area contributed by atoms with E-state index in [1.807, 2.05) is 54.2 Å². The van der Waals surface area contributed by atoms with Crippen LogP contribution in [-0.2, 0) is 11.3 Å². The van der Waals surface area contributed by atoms with Crippen molar-refractivity contribution in [3.05, 3.63) is 89.6 Å². The van der Waals surface area contributed by atoms with E-state index in [9.17, 15) is 4.79 Å². The first-order chi connectivity index (χ1) is 15.5. The number of benzene rings is 3. The molecule has 3 aromatic carbocycles. The first-order valence-electron chi connectivity index (χ1n) is 10.7. The molecule has 2 heterocycles. The van der Waals surface area contributed by atoms with E-state index in [0.29, 0.717) is 0 Å². The van der Waals surface area contributed by atoms with Crippen molar-refractivity contribution in [2.45, 2.75) is 27.3 Å². The van der Waals surface area contributed by atoms with Crippen LogP contribution in [0.15, 0.2) is 72.9 Å². The van der Waals surface area contributed by atoms with Gasteiger partial charge in [-0.15, -0.1) is 0 Å². The van der Waals surface area contributed by atoms with Crippen molar-refractivity contribution in [1.29, 1.82) is 0 Å². The Morgan fingerprint density at radius 1 is 0.906 bits per heavy atom. The number of amides is 1. The summed E-state index contributed by atoms with van der Waals surface area (Å²) in [6.07, 6.45) is 1.87. The van der Waals surface area contributed by atoms with Crippen LogP contribution in [0.2, 0.25) is 0 Å². The van der Waals surface area contributed by atoms with Crippen LogP contribution in [0.5, 0.6) is 0 Å². The molecule has 0 saturated heterocycles. The molecule has 0 spiro atoms. The molecule has 5 nitrogen and oxygen atoms in total. The Labute approximate surface area is 186 Å². The molecule has 1 N–H and O–H groups in total. The standard InChI is InChI=1S/C27H24N4O/c1-17-8-11-20(12-9-17)26-22-15-28-24-13-10-18(2)14-21(24)27(22)31(30-26)16-25(32)29-23-7-5-4-6-19(23)3/h4-15H,16H2,1-3H3,(H,29,32). The molecule has 0 saturated carbocycles. The van der Waals surface area contributed by atoms with Crippen LogP contribution in [0.1, 0.15) is 16.7 Å². The summed E-state index contributed by atoms with van der Waals surface area (Å²) < 4.78 is 1.81. The van der Waals surface area contributed by atoms with E-state index in [2.05, 4.69) is 54.5 Å². The zero-order valence-electron chi connectivity index (χ0n) is 18.4. The van der Waals surface area contributed by atoms with Crippen molar-refractivity contribution >= 4 is 33.4 Å². The highest BCUT2D eigenvalue weighted by Gasteiger charge is 2.18. The summed E-state index contributed by atoms with van der Waals surface area (Å²) in [7, 11) is 0. The van der Waals surface area contributed by atoms with Crippen LogP contribution < -0.4 is 5.32 Å². The largest absolute Gasteiger partial charge is 0.324 e. The normalized spacial score (nSPS) is 11.2. The van der Waals surface area contributed by atoms with Gasteiger partial charge < -0.3 is 5.32 Å². The first-order valence-corrected chi connectivity index (χ1v) is 10.7. The summed E-state index contributed by atoms with van der Waals surface area (Å²) in [5, 5.41) is 9.85. The Morgan fingerprint density at radius 3 is 2.44 bits per heavy atom. The van der Waals surface area contributed by atoms with E-state index in [-0.39, 0.29) is 12.5 Å². The maximum atomic E-state index is 13.0. The second-order valence-corrected chi connectivity index (χ2v) is 8.28. The lowest BCUT2D eigenvalue weighted by molar-refractivity contribution is -0.116. The molecule has 0 fully saturated rings. The van der Waals surface area contributed by atoms with Gasteiger partial charge in [0.15, 0.2) is 0 Å². The lowest BCUT2D eigenvalue weighted by Crippen LogP contribution is -2.20. The maximum absolute atomic E-state index is 13.0. The number of pyridine rings is 1. The molecule has 0 unspecified atom stereocenters. The lowest BCUT2D eigenvalue weighted by atomic mass is 10.0. The van der Waals surface area contributed by atoms with Crippen LogP contribution in [0.25, 0.3) is 33.1 Å². The fourth-order valence-electron chi connectivity index (χ4n) is 4.05. The van der Waals surface area contributed by atoms with Gasteiger partial charge in [-0.2, -0.15) is 5.10 Å². The van der Waals surface area contributed by atoms with Crippen molar-refractivity contribution in [1.82, 2.24) is 14.8 Å². The van der Waals surface area contributed by atoms with E-state index in [1.54, 1.807) is 0 Å². The van der Waals surface area contributed by atoms with Crippen LogP contribution in [0.3, 0.4) is 0 Å². The van der Waals surface area contributed by atoms with Gasteiger partial charge in [0.1, 0.15) is 12.2 Å². The van der Waals surface area contributed by atoms with Gasteiger partial charge in [-0.05, 0) is 44.5 Å². The number of para-hydroxylation sites is 1. The molecule has 0 aliphatic rings. The highest BCUT2D eigenvalue weighted by Crippen LogP contribution is 2.32. The topological polar surface area (TPSA) is 59.8 Å². The summed E-state index contributed by atoms with van der Waals surface area (Å²) in [5.74, 6) is -0.114. The molecule has 1 amide bonds. The molecule has 5 rings (SSSR count). The van der Waals surface area contributed by atoms with Gasteiger partial charge in [-0.1, -0.05) is 59.7 Å². The molecule has 32 heavy (non-hydrogen) atoms. The van der Waals surface area contributed by atoms with E-state index < -0.39 is 0 Å².